The number of fused-ring (bicyclic) bond motifs is 1. The number of hydrogen-bond donors (Lipinski definition) is 1. The lowest BCUT2D eigenvalue weighted by Gasteiger charge is -2.02. The van der Waals surface area contributed by atoms with Crippen molar-refractivity contribution in [3.05, 3.63) is 53.8 Å². The van der Waals surface area contributed by atoms with E-state index in [0.29, 0.717) is 11.4 Å². The summed E-state index contributed by atoms with van der Waals surface area (Å²) in [6, 6.07) is 12.4. The minimum absolute atomic E-state index is 0.271. The molecule has 0 aliphatic rings. The lowest BCUT2D eigenvalue weighted by atomic mass is 10.1. The number of aryl methyl sites for hydroxylation is 1. The van der Waals surface area contributed by atoms with E-state index in [9.17, 15) is 4.39 Å². The smallest absolute Gasteiger partial charge is 0.170 e. The van der Waals surface area contributed by atoms with Gasteiger partial charge in [0.25, 0.3) is 0 Å². The molecule has 0 unspecified atom stereocenters. The molecular formula is C15H12FNO. The number of furan rings is 1. The Morgan fingerprint density at radius 2 is 1.94 bits per heavy atom. The molecule has 3 aromatic rings. The molecule has 1 aromatic heterocycles. The molecule has 2 nitrogen and oxygen atoms in total. The lowest BCUT2D eigenvalue weighted by Crippen LogP contribution is -1.89. The maximum Gasteiger partial charge on any atom is 0.170 e. The monoisotopic (exact) mass is 241 g/mol. The maximum atomic E-state index is 13.6. The van der Waals surface area contributed by atoms with Gasteiger partial charge in [-0.3, -0.25) is 0 Å². The normalized spacial score (nSPS) is 11.0. The second-order valence-corrected chi connectivity index (χ2v) is 4.36. The third-order valence-electron chi connectivity index (χ3n) is 2.97. The van der Waals surface area contributed by atoms with Crippen LogP contribution in [0.3, 0.4) is 0 Å². The first-order chi connectivity index (χ1) is 8.65. The zero-order valence-electron chi connectivity index (χ0n) is 9.91. The number of benzene rings is 2. The van der Waals surface area contributed by atoms with E-state index in [2.05, 4.69) is 0 Å². The van der Waals surface area contributed by atoms with Gasteiger partial charge in [0.1, 0.15) is 5.76 Å². The molecule has 0 saturated heterocycles. The van der Waals surface area contributed by atoms with Crippen molar-refractivity contribution in [2.24, 2.45) is 0 Å². The Morgan fingerprint density at radius 3 is 2.67 bits per heavy atom. The molecule has 3 rings (SSSR count). The molecule has 0 amide bonds. The second kappa shape index (κ2) is 3.88. The quantitative estimate of drug-likeness (QED) is 0.650. The van der Waals surface area contributed by atoms with Gasteiger partial charge in [-0.15, -0.1) is 0 Å². The molecular weight excluding hydrogens is 229 g/mol. The molecule has 0 aliphatic heterocycles. The van der Waals surface area contributed by atoms with Crippen LogP contribution in [0.2, 0.25) is 0 Å². The molecule has 0 atom stereocenters. The van der Waals surface area contributed by atoms with E-state index in [4.69, 9.17) is 10.2 Å². The van der Waals surface area contributed by atoms with E-state index < -0.39 is 0 Å². The molecule has 2 N–H and O–H groups in total. The number of nitrogen functional groups attached to an aromatic ring is 1. The molecule has 18 heavy (non-hydrogen) atoms. The number of halogens is 1. The summed E-state index contributed by atoms with van der Waals surface area (Å²) in [4.78, 5) is 0. The predicted molar refractivity (Wildman–Crippen MR) is 70.8 cm³/mol. The Hall–Kier alpha value is -2.29. The molecule has 90 valence electrons. The van der Waals surface area contributed by atoms with Crippen molar-refractivity contribution in [1.82, 2.24) is 0 Å². The lowest BCUT2D eigenvalue weighted by molar-refractivity contribution is 0.569. The molecule has 3 heteroatoms. The van der Waals surface area contributed by atoms with Crippen molar-refractivity contribution in [2.45, 2.75) is 6.92 Å². The average Bonchev–Trinajstić information content (AvgIpc) is 2.74. The van der Waals surface area contributed by atoms with Gasteiger partial charge in [-0.25, -0.2) is 4.39 Å². The van der Waals surface area contributed by atoms with Gasteiger partial charge in [0.15, 0.2) is 11.4 Å². The SMILES string of the molecule is Cc1ccc(-c2cc3cccc(F)c3o2)c(N)c1. The van der Waals surface area contributed by atoms with Crippen molar-refractivity contribution in [2.75, 3.05) is 5.73 Å². The summed E-state index contributed by atoms with van der Waals surface area (Å²) >= 11 is 0. The van der Waals surface area contributed by atoms with Crippen molar-refractivity contribution in [3.8, 4) is 11.3 Å². The Morgan fingerprint density at radius 1 is 1.11 bits per heavy atom. The molecule has 0 fully saturated rings. The minimum atomic E-state index is -0.357. The van der Waals surface area contributed by atoms with Crippen molar-refractivity contribution in [3.63, 3.8) is 0 Å². The van der Waals surface area contributed by atoms with Gasteiger partial charge in [-0.05, 0) is 36.8 Å². The summed E-state index contributed by atoms with van der Waals surface area (Å²) in [6.07, 6.45) is 0. The van der Waals surface area contributed by atoms with Gasteiger partial charge in [0.05, 0.1) is 0 Å². The van der Waals surface area contributed by atoms with Crippen LogP contribution in [0.5, 0.6) is 0 Å². The van der Waals surface area contributed by atoms with E-state index in [1.165, 1.54) is 6.07 Å². The Balaban J connectivity index is 2.23. The fourth-order valence-electron chi connectivity index (χ4n) is 2.07. The van der Waals surface area contributed by atoms with Crippen LogP contribution in [0.15, 0.2) is 46.9 Å². The second-order valence-electron chi connectivity index (χ2n) is 4.36. The highest BCUT2D eigenvalue weighted by atomic mass is 19.1. The first kappa shape index (κ1) is 10.8. The van der Waals surface area contributed by atoms with Crippen molar-refractivity contribution < 1.29 is 8.81 Å². The van der Waals surface area contributed by atoms with E-state index in [0.717, 1.165) is 16.5 Å². The van der Waals surface area contributed by atoms with Gasteiger partial charge in [-0.1, -0.05) is 18.2 Å². The third-order valence-corrected chi connectivity index (χ3v) is 2.97. The average molecular weight is 241 g/mol. The van der Waals surface area contributed by atoms with Crippen LogP contribution in [0.4, 0.5) is 10.1 Å². The van der Waals surface area contributed by atoms with Crippen LogP contribution in [-0.4, -0.2) is 0 Å². The number of hydrogen-bond acceptors (Lipinski definition) is 2. The highest BCUT2D eigenvalue weighted by molar-refractivity contribution is 5.86. The topological polar surface area (TPSA) is 39.2 Å². The fourth-order valence-corrected chi connectivity index (χ4v) is 2.07. The first-order valence-corrected chi connectivity index (χ1v) is 5.70. The molecule has 0 bridgehead atoms. The standard InChI is InChI=1S/C15H12FNO/c1-9-5-6-11(13(17)7-9)14-8-10-3-2-4-12(16)15(10)18-14/h2-8H,17H2,1H3. The van der Waals surface area contributed by atoms with Crippen LogP contribution >= 0.6 is 0 Å². The fraction of sp³-hybridized carbons (Fsp3) is 0.0667. The summed E-state index contributed by atoms with van der Waals surface area (Å²) in [5, 5.41) is 0.741. The molecule has 0 radical (unpaired) electrons. The van der Waals surface area contributed by atoms with Crippen LogP contribution in [-0.2, 0) is 0 Å². The van der Waals surface area contributed by atoms with Crippen LogP contribution in [0.25, 0.3) is 22.3 Å². The maximum absolute atomic E-state index is 13.6. The van der Waals surface area contributed by atoms with E-state index in [1.807, 2.05) is 31.2 Å². The number of rotatable bonds is 1. The number of nitrogens with two attached hydrogens (primary N) is 1. The van der Waals surface area contributed by atoms with Crippen LogP contribution in [0, 0.1) is 12.7 Å². The highest BCUT2D eigenvalue weighted by Gasteiger charge is 2.11. The molecule has 2 aromatic carbocycles. The van der Waals surface area contributed by atoms with Crippen LogP contribution in [0.1, 0.15) is 5.56 Å². The van der Waals surface area contributed by atoms with Crippen LogP contribution < -0.4 is 5.73 Å². The number of para-hydroxylation sites is 1. The summed E-state index contributed by atoms with van der Waals surface area (Å²) < 4.78 is 19.1. The van der Waals surface area contributed by atoms with Gasteiger partial charge in [0, 0.05) is 16.6 Å². The van der Waals surface area contributed by atoms with Gasteiger partial charge < -0.3 is 10.2 Å². The van der Waals surface area contributed by atoms with E-state index >= 15 is 0 Å². The third kappa shape index (κ3) is 1.64. The van der Waals surface area contributed by atoms with Gasteiger partial charge in [0.2, 0.25) is 0 Å². The Labute approximate surface area is 104 Å². The summed E-state index contributed by atoms with van der Waals surface area (Å²) in [6.45, 7) is 1.97. The van der Waals surface area contributed by atoms with E-state index in [-0.39, 0.29) is 11.4 Å². The largest absolute Gasteiger partial charge is 0.453 e. The van der Waals surface area contributed by atoms with E-state index in [1.54, 1.807) is 12.1 Å². The van der Waals surface area contributed by atoms with Crippen molar-refractivity contribution in [1.29, 1.82) is 0 Å². The number of anilines is 1. The van der Waals surface area contributed by atoms with Gasteiger partial charge in [-0.2, -0.15) is 0 Å². The summed E-state index contributed by atoms with van der Waals surface area (Å²) in [5.41, 5.74) is 8.73. The minimum Gasteiger partial charge on any atom is -0.453 e. The first-order valence-electron chi connectivity index (χ1n) is 5.70. The molecule has 0 aliphatic carbocycles. The predicted octanol–water partition coefficient (Wildman–Crippen LogP) is 4.13. The Bertz CT molecular complexity index is 730. The Kier molecular flexibility index (Phi) is 2.33. The molecule has 1 heterocycles. The zero-order chi connectivity index (χ0) is 12.7. The highest BCUT2D eigenvalue weighted by Crippen LogP contribution is 2.32. The summed E-state index contributed by atoms with van der Waals surface area (Å²) in [5.74, 6) is 0.233. The molecule has 0 saturated carbocycles. The summed E-state index contributed by atoms with van der Waals surface area (Å²) in [7, 11) is 0. The zero-order valence-corrected chi connectivity index (χ0v) is 9.91. The van der Waals surface area contributed by atoms with Gasteiger partial charge >= 0.3 is 0 Å². The van der Waals surface area contributed by atoms with Crippen molar-refractivity contribution >= 4 is 16.7 Å². The molecule has 0 spiro atoms.